The number of thioether (sulfide) groups is 1. The van der Waals surface area contributed by atoms with E-state index in [0.29, 0.717) is 6.04 Å². The molecule has 8 heteroatoms. The van der Waals surface area contributed by atoms with Crippen molar-refractivity contribution in [1.29, 1.82) is 0 Å². The van der Waals surface area contributed by atoms with Crippen molar-refractivity contribution in [2.75, 3.05) is 0 Å². The minimum atomic E-state index is 0.465. The lowest BCUT2D eigenvalue weighted by Gasteiger charge is -2.10. The van der Waals surface area contributed by atoms with Crippen LogP contribution in [0.1, 0.15) is 37.4 Å². The highest BCUT2D eigenvalue weighted by molar-refractivity contribution is 7.98. The molecule has 3 aromatic rings. The molecule has 0 bridgehead atoms. The number of aromatic nitrogens is 6. The molecule has 0 amide bonds. The van der Waals surface area contributed by atoms with Gasteiger partial charge in [0.2, 0.25) is 5.16 Å². The zero-order chi connectivity index (χ0) is 15.5. The largest absolute Gasteiger partial charge is 0.254 e. The summed E-state index contributed by atoms with van der Waals surface area (Å²) in [4.78, 5) is 9.01. The Balaban J connectivity index is 1.44. The zero-order valence-electron chi connectivity index (χ0n) is 12.5. The Hall–Kier alpha value is -1.80. The molecule has 0 aromatic carbocycles. The van der Waals surface area contributed by atoms with Crippen molar-refractivity contribution in [2.24, 2.45) is 0 Å². The number of nitrogens with zero attached hydrogens (tertiary/aromatic N) is 6. The van der Waals surface area contributed by atoms with Gasteiger partial charge in [0.15, 0.2) is 0 Å². The molecular formula is C15H16N6S2. The molecule has 0 N–H and O–H groups in total. The van der Waals surface area contributed by atoms with Crippen LogP contribution in [0.15, 0.2) is 34.9 Å². The fourth-order valence-corrected chi connectivity index (χ4v) is 4.51. The summed E-state index contributed by atoms with van der Waals surface area (Å²) in [5.41, 5.74) is 1.96. The monoisotopic (exact) mass is 344 g/mol. The first-order valence-electron chi connectivity index (χ1n) is 7.66. The third-order valence-corrected chi connectivity index (χ3v) is 5.80. The van der Waals surface area contributed by atoms with Crippen LogP contribution in [-0.2, 0) is 5.75 Å². The van der Waals surface area contributed by atoms with E-state index in [1.54, 1.807) is 29.3 Å². The quantitative estimate of drug-likeness (QED) is 0.659. The Morgan fingerprint density at radius 1 is 1.26 bits per heavy atom. The SMILES string of the molecule is c1ccc(-c2nc(CSc3nnnn3C3CCCC3)cs2)nc1. The van der Waals surface area contributed by atoms with E-state index in [4.69, 9.17) is 0 Å². The standard InChI is InChI=1S/C15H16N6S2/c1-2-6-12(5-1)21-15(18-19-20-21)23-10-11-9-22-14(17-11)13-7-3-4-8-16-13/h3-4,7-9,12H,1-2,5-6,10H2. The van der Waals surface area contributed by atoms with E-state index in [2.05, 4.69) is 30.9 Å². The van der Waals surface area contributed by atoms with Gasteiger partial charge in [0.1, 0.15) is 5.01 Å². The maximum absolute atomic E-state index is 4.66. The Kier molecular flexibility index (Phi) is 4.34. The summed E-state index contributed by atoms with van der Waals surface area (Å²) in [6.45, 7) is 0. The molecule has 3 aromatic heterocycles. The molecule has 1 saturated carbocycles. The Morgan fingerprint density at radius 3 is 3.00 bits per heavy atom. The van der Waals surface area contributed by atoms with Crippen molar-refractivity contribution < 1.29 is 0 Å². The number of tetrazole rings is 1. The first-order valence-corrected chi connectivity index (χ1v) is 9.53. The third kappa shape index (κ3) is 3.28. The van der Waals surface area contributed by atoms with E-state index in [1.807, 2.05) is 22.9 Å². The Labute approximate surface area is 142 Å². The maximum atomic E-state index is 4.66. The highest BCUT2D eigenvalue weighted by Gasteiger charge is 2.21. The lowest BCUT2D eigenvalue weighted by molar-refractivity contribution is 0.423. The van der Waals surface area contributed by atoms with E-state index in [9.17, 15) is 0 Å². The van der Waals surface area contributed by atoms with Gasteiger partial charge in [-0.15, -0.1) is 16.4 Å². The number of pyridine rings is 1. The number of thiazole rings is 1. The van der Waals surface area contributed by atoms with Gasteiger partial charge >= 0.3 is 0 Å². The lowest BCUT2D eigenvalue weighted by Crippen LogP contribution is -2.08. The third-order valence-electron chi connectivity index (χ3n) is 3.92. The van der Waals surface area contributed by atoms with Gasteiger partial charge in [-0.3, -0.25) is 4.98 Å². The summed E-state index contributed by atoms with van der Waals surface area (Å²) in [6.07, 6.45) is 6.70. The van der Waals surface area contributed by atoms with E-state index < -0.39 is 0 Å². The molecule has 1 aliphatic carbocycles. The van der Waals surface area contributed by atoms with Crippen molar-refractivity contribution >= 4 is 23.1 Å². The molecule has 0 atom stereocenters. The van der Waals surface area contributed by atoms with Crippen molar-refractivity contribution in [2.45, 2.75) is 42.6 Å². The lowest BCUT2D eigenvalue weighted by atomic mass is 10.3. The van der Waals surface area contributed by atoms with Gasteiger partial charge in [-0.25, -0.2) is 9.67 Å². The summed E-state index contributed by atoms with van der Waals surface area (Å²) >= 11 is 3.28. The van der Waals surface area contributed by atoms with Crippen molar-refractivity contribution in [3.05, 3.63) is 35.5 Å². The van der Waals surface area contributed by atoms with Crippen LogP contribution >= 0.6 is 23.1 Å². The predicted octanol–water partition coefficient (Wildman–Crippen LogP) is 3.60. The van der Waals surface area contributed by atoms with Crippen LogP contribution in [0.5, 0.6) is 0 Å². The van der Waals surface area contributed by atoms with Crippen LogP contribution in [0.2, 0.25) is 0 Å². The molecule has 0 saturated heterocycles. The van der Waals surface area contributed by atoms with Gasteiger partial charge in [0, 0.05) is 17.3 Å². The molecule has 1 aliphatic rings. The normalized spacial score (nSPS) is 15.3. The summed E-state index contributed by atoms with van der Waals surface area (Å²) < 4.78 is 1.99. The van der Waals surface area contributed by atoms with Gasteiger partial charge < -0.3 is 0 Å². The van der Waals surface area contributed by atoms with Gasteiger partial charge in [-0.05, 0) is 35.4 Å². The van der Waals surface area contributed by atoms with Crippen LogP contribution in [0, 0.1) is 0 Å². The number of rotatable bonds is 5. The van der Waals surface area contributed by atoms with E-state index in [0.717, 1.165) is 27.3 Å². The average Bonchev–Trinajstić information content (AvgIpc) is 3.33. The van der Waals surface area contributed by atoms with Gasteiger partial charge in [-0.2, -0.15) is 0 Å². The average molecular weight is 344 g/mol. The van der Waals surface area contributed by atoms with Crippen molar-refractivity contribution in [3.63, 3.8) is 0 Å². The molecule has 118 valence electrons. The molecule has 0 unspecified atom stereocenters. The summed E-state index contributed by atoms with van der Waals surface area (Å²) in [6, 6.07) is 6.34. The van der Waals surface area contributed by atoms with Crippen LogP contribution in [-0.4, -0.2) is 30.2 Å². The van der Waals surface area contributed by atoms with Crippen LogP contribution in [0.3, 0.4) is 0 Å². The first kappa shape index (κ1) is 14.8. The van der Waals surface area contributed by atoms with Gasteiger partial charge in [0.05, 0.1) is 17.4 Å². The smallest absolute Gasteiger partial charge is 0.209 e. The Bertz CT molecular complexity index is 763. The molecule has 0 radical (unpaired) electrons. The minimum Gasteiger partial charge on any atom is -0.254 e. The Morgan fingerprint density at radius 2 is 2.17 bits per heavy atom. The molecule has 3 heterocycles. The highest BCUT2D eigenvalue weighted by atomic mass is 32.2. The zero-order valence-corrected chi connectivity index (χ0v) is 14.1. The number of hydrogen-bond donors (Lipinski definition) is 0. The van der Waals surface area contributed by atoms with Crippen LogP contribution < -0.4 is 0 Å². The second kappa shape index (κ2) is 6.76. The van der Waals surface area contributed by atoms with E-state index in [-0.39, 0.29) is 0 Å². The van der Waals surface area contributed by atoms with Gasteiger partial charge in [0.25, 0.3) is 0 Å². The predicted molar refractivity (Wildman–Crippen MR) is 90.2 cm³/mol. The summed E-state index contributed by atoms with van der Waals surface area (Å²) in [5.74, 6) is 0.774. The summed E-state index contributed by atoms with van der Waals surface area (Å²) in [7, 11) is 0. The second-order valence-corrected chi connectivity index (χ2v) is 7.29. The fourth-order valence-electron chi connectivity index (χ4n) is 2.78. The van der Waals surface area contributed by atoms with Gasteiger partial charge in [-0.1, -0.05) is 30.7 Å². The van der Waals surface area contributed by atoms with Crippen LogP contribution in [0.25, 0.3) is 10.7 Å². The van der Waals surface area contributed by atoms with Crippen molar-refractivity contribution in [3.8, 4) is 10.7 Å². The fraction of sp³-hybridized carbons (Fsp3) is 0.400. The molecule has 6 nitrogen and oxygen atoms in total. The minimum absolute atomic E-state index is 0.465. The molecule has 23 heavy (non-hydrogen) atoms. The second-order valence-electron chi connectivity index (χ2n) is 5.49. The summed E-state index contributed by atoms with van der Waals surface area (Å²) in [5, 5.41) is 16.1. The first-order chi connectivity index (χ1) is 11.4. The topological polar surface area (TPSA) is 69.4 Å². The molecule has 0 aliphatic heterocycles. The highest BCUT2D eigenvalue weighted by Crippen LogP contribution is 2.32. The van der Waals surface area contributed by atoms with E-state index in [1.165, 1.54) is 25.7 Å². The molecule has 0 spiro atoms. The van der Waals surface area contributed by atoms with Crippen LogP contribution in [0.4, 0.5) is 0 Å². The maximum Gasteiger partial charge on any atom is 0.209 e. The van der Waals surface area contributed by atoms with E-state index >= 15 is 0 Å². The number of hydrogen-bond acceptors (Lipinski definition) is 7. The molecular weight excluding hydrogens is 328 g/mol. The molecule has 4 rings (SSSR count). The van der Waals surface area contributed by atoms with Crippen molar-refractivity contribution in [1.82, 2.24) is 30.2 Å². The molecule has 1 fully saturated rings.